The molecule has 0 atom stereocenters. The SMILES string of the molecule is CC(C)(C)OC(=O)Nc1cnc(-c2c(F)cccc2F)c(F)c1. The summed E-state index contributed by atoms with van der Waals surface area (Å²) in [5, 5.41) is 2.30. The van der Waals surface area contributed by atoms with Crippen LogP contribution >= 0.6 is 0 Å². The number of nitrogens with zero attached hydrogens (tertiary/aromatic N) is 1. The highest BCUT2D eigenvalue weighted by atomic mass is 19.1. The average molecular weight is 324 g/mol. The van der Waals surface area contributed by atoms with Crippen LogP contribution in [-0.4, -0.2) is 16.7 Å². The van der Waals surface area contributed by atoms with Crippen LogP contribution in [0.3, 0.4) is 0 Å². The van der Waals surface area contributed by atoms with Gasteiger partial charge in [-0.3, -0.25) is 10.3 Å². The fourth-order valence-electron chi connectivity index (χ4n) is 1.84. The summed E-state index contributed by atoms with van der Waals surface area (Å²) in [6, 6.07) is 4.10. The molecule has 7 heteroatoms. The molecule has 23 heavy (non-hydrogen) atoms. The summed E-state index contributed by atoms with van der Waals surface area (Å²) in [5.41, 5.74) is -1.74. The first-order chi connectivity index (χ1) is 10.7. The smallest absolute Gasteiger partial charge is 0.412 e. The first-order valence-corrected chi connectivity index (χ1v) is 6.77. The van der Waals surface area contributed by atoms with Gasteiger partial charge in [-0.1, -0.05) is 6.07 Å². The minimum Gasteiger partial charge on any atom is -0.444 e. The number of hydrogen-bond acceptors (Lipinski definition) is 3. The predicted molar refractivity (Wildman–Crippen MR) is 79.4 cm³/mol. The van der Waals surface area contributed by atoms with Crippen LogP contribution in [0.5, 0.6) is 0 Å². The molecule has 0 radical (unpaired) electrons. The molecule has 0 aliphatic rings. The van der Waals surface area contributed by atoms with E-state index in [1.807, 2.05) is 0 Å². The van der Waals surface area contributed by atoms with Crippen molar-refractivity contribution in [2.75, 3.05) is 5.32 Å². The van der Waals surface area contributed by atoms with E-state index in [1.54, 1.807) is 20.8 Å². The van der Waals surface area contributed by atoms with E-state index in [0.29, 0.717) is 0 Å². The molecule has 0 unspecified atom stereocenters. The number of pyridine rings is 1. The second kappa shape index (κ2) is 6.28. The number of nitrogens with one attached hydrogen (secondary N) is 1. The van der Waals surface area contributed by atoms with Crippen LogP contribution in [0.2, 0.25) is 0 Å². The predicted octanol–water partition coefficient (Wildman–Crippen LogP) is 4.51. The number of carbonyl (C=O) groups excluding carboxylic acids is 1. The molecular formula is C16H15F3N2O2. The monoisotopic (exact) mass is 324 g/mol. The quantitative estimate of drug-likeness (QED) is 0.884. The van der Waals surface area contributed by atoms with Crippen LogP contribution in [-0.2, 0) is 4.74 Å². The van der Waals surface area contributed by atoms with Gasteiger partial charge in [0.25, 0.3) is 0 Å². The van der Waals surface area contributed by atoms with Gasteiger partial charge < -0.3 is 4.74 Å². The second-order valence-corrected chi connectivity index (χ2v) is 5.78. The summed E-state index contributed by atoms with van der Waals surface area (Å²) in [7, 11) is 0. The van der Waals surface area contributed by atoms with Crippen molar-refractivity contribution in [3.8, 4) is 11.3 Å². The highest BCUT2D eigenvalue weighted by Crippen LogP contribution is 2.27. The minimum absolute atomic E-state index is 0.0113. The molecule has 122 valence electrons. The molecule has 0 spiro atoms. The van der Waals surface area contributed by atoms with Crippen molar-refractivity contribution in [2.45, 2.75) is 26.4 Å². The number of anilines is 1. The normalized spacial score (nSPS) is 11.2. The maximum absolute atomic E-state index is 14.1. The molecule has 1 aromatic carbocycles. The molecule has 0 saturated heterocycles. The largest absolute Gasteiger partial charge is 0.444 e. The summed E-state index contributed by atoms with van der Waals surface area (Å²) in [6.45, 7) is 5.03. The standard InChI is InChI=1S/C16H15F3N2O2/c1-16(2,3)23-15(22)21-9-7-12(19)14(20-8-9)13-10(17)5-4-6-11(13)18/h4-8H,1-3H3,(H,21,22). The first kappa shape index (κ1) is 16.8. The fourth-order valence-corrected chi connectivity index (χ4v) is 1.84. The molecule has 2 rings (SSSR count). The van der Waals surface area contributed by atoms with E-state index >= 15 is 0 Å². The van der Waals surface area contributed by atoms with Crippen molar-refractivity contribution in [2.24, 2.45) is 0 Å². The van der Waals surface area contributed by atoms with Gasteiger partial charge in [-0.15, -0.1) is 0 Å². The third-order valence-electron chi connectivity index (χ3n) is 2.69. The second-order valence-electron chi connectivity index (χ2n) is 5.78. The first-order valence-electron chi connectivity index (χ1n) is 6.77. The number of ether oxygens (including phenoxy) is 1. The zero-order valence-corrected chi connectivity index (χ0v) is 12.8. The molecule has 4 nitrogen and oxygen atoms in total. The number of aromatic nitrogens is 1. The van der Waals surface area contributed by atoms with Gasteiger partial charge in [0, 0.05) is 6.07 Å². The molecule has 1 heterocycles. The van der Waals surface area contributed by atoms with Gasteiger partial charge in [0.05, 0.1) is 17.4 Å². The highest BCUT2D eigenvalue weighted by Gasteiger charge is 2.19. The maximum atomic E-state index is 14.1. The topological polar surface area (TPSA) is 51.2 Å². The number of carbonyl (C=O) groups is 1. The van der Waals surface area contributed by atoms with Crippen LogP contribution < -0.4 is 5.32 Å². The summed E-state index contributed by atoms with van der Waals surface area (Å²) >= 11 is 0. The van der Waals surface area contributed by atoms with Gasteiger partial charge in [0.2, 0.25) is 0 Å². The van der Waals surface area contributed by atoms with E-state index < -0.39 is 40.4 Å². The number of rotatable bonds is 2. The van der Waals surface area contributed by atoms with E-state index in [2.05, 4.69) is 10.3 Å². The molecule has 1 N–H and O–H groups in total. The third kappa shape index (κ3) is 4.21. The van der Waals surface area contributed by atoms with Crippen molar-refractivity contribution in [3.63, 3.8) is 0 Å². The van der Waals surface area contributed by atoms with Gasteiger partial charge in [-0.2, -0.15) is 0 Å². The van der Waals surface area contributed by atoms with Crippen LogP contribution in [0.1, 0.15) is 20.8 Å². The van der Waals surface area contributed by atoms with Gasteiger partial charge in [-0.25, -0.2) is 18.0 Å². The summed E-state index contributed by atoms with van der Waals surface area (Å²) in [4.78, 5) is 15.3. The van der Waals surface area contributed by atoms with E-state index in [1.165, 1.54) is 6.07 Å². The number of amides is 1. The lowest BCUT2D eigenvalue weighted by atomic mass is 10.1. The van der Waals surface area contributed by atoms with E-state index in [0.717, 1.165) is 24.4 Å². The minimum atomic E-state index is -0.970. The van der Waals surface area contributed by atoms with Gasteiger partial charge in [-0.05, 0) is 32.9 Å². The molecule has 0 aliphatic carbocycles. The third-order valence-corrected chi connectivity index (χ3v) is 2.69. The lowest BCUT2D eigenvalue weighted by Crippen LogP contribution is -2.27. The van der Waals surface area contributed by atoms with Gasteiger partial charge >= 0.3 is 6.09 Å². The molecule has 0 saturated carbocycles. The lowest BCUT2D eigenvalue weighted by molar-refractivity contribution is 0.0636. The Morgan fingerprint density at radius 2 is 1.74 bits per heavy atom. The van der Waals surface area contributed by atoms with Crippen LogP contribution in [0.4, 0.5) is 23.7 Å². The Labute approximate surface area is 131 Å². The van der Waals surface area contributed by atoms with Crippen LogP contribution in [0.15, 0.2) is 30.5 Å². The Balaban J connectivity index is 2.27. The van der Waals surface area contributed by atoms with Gasteiger partial charge in [0.1, 0.15) is 22.9 Å². The Bertz CT molecular complexity index is 722. The Hall–Kier alpha value is -2.57. The molecular weight excluding hydrogens is 309 g/mol. The average Bonchev–Trinajstić information content (AvgIpc) is 2.38. The van der Waals surface area contributed by atoms with Crippen LogP contribution in [0, 0.1) is 17.5 Å². The molecule has 1 amide bonds. The highest BCUT2D eigenvalue weighted by molar-refractivity contribution is 5.85. The van der Waals surface area contributed by atoms with Crippen molar-refractivity contribution in [1.82, 2.24) is 4.98 Å². The molecule has 0 aliphatic heterocycles. The Morgan fingerprint density at radius 1 is 1.13 bits per heavy atom. The number of halogens is 3. The van der Waals surface area contributed by atoms with Crippen molar-refractivity contribution < 1.29 is 22.7 Å². The number of hydrogen-bond donors (Lipinski definition) is 1. The Kier molecular flexibility index (Phi) is 4.58. The number of benzene rings is 1. The maximum Gasteiger partial charge on any atom is 0.412 e. The molecule has 0 fully saturated rings. The summed E-state index contributed by atoms with van der Waals surface area (Å²) in [6.07, 6.45) is 0.303. The summed E-state index contributed by atoms with van der Waals surface area (Å²) in [5.74, 6) is -2.82. The van der Waals surface area contributed by atoms with Crippen molar-refractivity contribution >= 4 is 11.8 Å². The van der Waals surface area contributed by atoms with E-state index in [4.69, 9.17) is 4.74 Å². The zero-order chi connectivity index (χ0) is 17.2. The van der Waals surface area contributed by atoms with Crippen molar-refractivity contribution in [3.05, 3.63) is 47.9 Å². The zero-order valence-electron chi connectivity index (χ0n) is 12.8. The summed E-state index contributed by atoms with van der Waals surface area (Å²) < 4.78 is 46.5. The van der Waals surface area contributed by atoms with E-state index in [9.17, 15) is 18.0 Å². The van der Waals surface area contributed by atoms with Gasteiger partial charge in [0.15, 0.2) is 5.82 Å². The molecule has 1 aromatic heterocycles. The van der Waals surface area contributed by atoms with Crippen molar-refractivity contribution in [1.29, 1.82) is 0 Å². The van der Waals surface area contributed by atoms with Crippen LogP contribution in [0.25, 0.3) is 11.3 Å². The van der Waals surface area contributed by atoms with E-state index in [-0.39, 0.29) is 5.69 Å². The lowest BCUT2D eigenvalue weighted by Gasteiger charge is -2.19. The molecule has 0 bridgehead atoms. The molecule has 2 aromatic rings. The fraction of sp³-hybridized carbons (Fsp3) is 0.250. The Morgan fingerprint density at radius 3 is 2.26 bits per heavy atom.